The number of hydrogen-bond acceptors (Lipinski definition) is 3. The third-order valence-electron chi connectivity index (χ3n) is 2.43. The molecule has 0 spiro atoms. The highest BCUT2D eigenvalue weighted by Gasteiger charge is 2.27. The lowest BCUT2D eigenvalue weighted by Gasteiger charge is -2.01. The Kier molecular flexibility index (Phi) is 1.47. The summed E-state index contributed by atoms with van der Waals surface area (Å²) in [5.41, 5.74) is 1.97. The lowest BCUT2D eigenvalue weighted by molar-refractivity contribution is 0.647. The number of aromatic nitrogens is 5. The van der Waals surface area contributed by atoms with Gasteiger partial charge < -0.3 is 0 Å². The second-order valence-corrected chi connectivity index (χ2v) is 3.67. The molecule has 1 aliphatic rings. The number of rotatable bonds is 2. The summed E-state index contributed by atoms with van der Waals surface area (Å²) in [6, 6.07) is 2.57. The Morgan fingerprint density at radius 3 is 2.93 bits per heavy atom. The molecule has 2 heterocycles. The maximum Gasteiger partial charge on any atom is 0.131 e. The van der Waals surface area contributed by atoms with Gasteiger partial charge in [0.1, 0.15) is 5.69 Å². The minimum Gasteiger partial charge on any atom is -0.260 e. The predicted octanol–water partition coefficient (Wildman–Crippen LogP) is 1.01. The molecule has 0 aliphatic heterocycles. The summed E-state index contributed by atoms with van der Waals surface area (Å²) in [6.45, 7) is 0. The molecule has 0 aromatic carbocycles. The molecule has 5 heteroatoms. The van der Waals surface area contributed by atoms with Crippen LogP contribution in [0, 0.1) is 0 Å². The van der Waals surface area contributed by atoms with Gasteiger partial charge in [-0.05, 0) is 18.9 Å². The first-order chi connectivity index (χ1) is 6.84. The molecule has 0 bridgehead atoms. The molecule has 1 saturated carbocycles. The number of hydrogen-bond donors (Lipinski definition) is 0. The summed E-state index contributed by atoms with van der Waals surface area (Å²) in [5, 5.41) is 12.3. The van der Waals surface area contributed by atoms with Crippen molar-refractivity contribution in [3.05, 3.63) is 18.5 Å². The maximum absolute atomic E-state index is 4.30. The van der Waals surface area contributed by atoms with Crippen molar-refractivity contribution in [1.82, 2.24) is 24.8 Å². The van der Waals surface area contributed by atoms with E-state index in [1.54, 1.807) is 4.68 Å². The first kappa shape index (κ1) is 7.73. The zero-order valence-electron chi connectivity index (χ0n) is 7.96. The van der Waals surface area contributed by atoms with Crippen molar-refractivity contribution in [2.24, 2.45) is 7.05 Å². The lowest BCUT2D eigenvalue weighted by Crippen LogP contribution is -1.98. The van der Waals surface area contributed by atoms with Crippen LogP contribution in [0.1, 0.15) is 18.9 Å². The van der Waals surface area contributed by atoms with E-state index in [4.69, 9.17) is 0 Å². The standard InChI is InChI=1S/C9H11N5/c1-13-6-8(11-12-13)9-4-5-10-14(9)7-2-3-7/h4-7H,2-3H2,1H3. The highest BCUT2D eigenvalue weighted by atomic mass is 15.4. The molecule has 2 aromatic heterocycles. The van der Waals surface area contributed by atoms with E-state index in [0.717, 1.165) is 11.4 Å². The van der Waals surface area contributed by atoms with Gasteiger partial charge in [-0.2, -0.15) is 5.10 Å². The van der Waals surface area contributed by atoms with Crippen LogP contribution in [0.2, 0.25) is 0 Å². The third kappa shape index (κ3) is 1.13. The molecule has 2 aromatic rings. The largest absolute Gasteiger partial charge is 0.260 e. The van der Waals surface area contributed by atoms with Crippen LogP contribution in [-0.4, -0.2) is 24.8 Å². The predicted molar refractivity (Wildman–Crippen MR) is 50.5 cm³/mol. The zero-order chi connectivity index (χ0) is 9.54. The molecule has 14 heavy (non-hydrogen) atoms. The Hall–Kier alpha value is -1.65. The molecule has 0 amide bonds. The van der Waals surface area contributed by atoms with Gasteiger partial charge in [0.25, 0.3) is 0 Å². The molecule has 1 fully saturated rings. The topological polar surface area (TPSA) is 48.5 Å². The minimum absolute atomic E-state index is 0.585. The van der Waals surface area contributed by atoms with Crippen molar-refractivity contribution < 1.29 is 0 Å². The van der Waals surface area contributed by atoms with Gasteiger partial charge in [-0.15, -0.1) is 5.10 Å². The van der Waals surface area contributed by atoms with Crippen LogP contribution >= 0.6 is 0 Å². The van der Waals surface area contributed by atoms with Crippen LogP contribution in [0.5, 0.6) is 0 Å². The first-order valence-corrected chi connectivity index (χ1v) is 4.75. The fourth-order valence-corrected chi connectivity index (χ4v) is 1.59. The smallest absolute Gasteiger partial charge is 0.131 e. The molecule has 1 aliphatic carbocycles. The van der Waals surface area contributed by atoms with Crippen LogP contribution in [0.4, 0.5) is 0 Å². The molecular weight excluding hydrogens is 178 g/mol. The molecule has 0 radical (unpaired) electrons. The molecular formula is C9H11N5. The third-order valence-corrected chi connectivity index (χ3v) is 2.43. The highest BCUT2D eigenvalue weighted by Crippen LogP contribution is 2.37. The van der Waals surface area contributed by atoms with Gasteiger partial charge in [0, 0.05) is 13.2 Å². The molecule has 0 unspecified atom stereocenters. The van der Waals surface area contributed by atoms with Crippen LogP contribution in [-0.2, 0) is 7.05 Å². The number of aryl methyl sites for hydroxylation is 1. The van der Waals surface area contributed by atoms with Crippen LogP contribution in [0.25, 0.3) is 11.4 Å². The molecule has 0 saturated heterocycles. The minimum atomic E-state index is 0.585. The summed E-state index contributed by atoms with van der Waals surface area (Å²) in [7, 11) is 1.87. The highest BCUT2D eigenvalue weighted by molar-refractivity contribution is 5.52. The van der Waals surface area contributed by atoms with Crippen molar-refractivity contribution in [2.75, 3.05) is 0 Å². The van der Waals surface area contributed by atoms with E-state index in [9.17, 15) is 0 Å². The van der Waals surface area contributed by atoms with Crippen LogP contribution in [0.15, 0.2) is 18.5 Å². The molecule has 0 N–H and O–H groups in total. The van der Waals surface area contributed by atoms with Crippen molar-refractivity contribution in [3.8, 4) is 11.4 Å². The van der Waals surface area contributed by atoms with Gasteiger partial charge in [0.05, 0.1) is 17.9 Å². The fourth-order valence-electron chi connectivity index (χ4n) is 1.59. The fraction of sp³-hybridized carbons (Fsp3) is 0.444. The van der Waals surface area contributed by atoms with Crippen molar-refractivity contribution in [1.29, 1.82) is 0 Å². The summed E-state index contributed by atoms with van der Waals surface area (Å²) >= 11 is 0. The van der Waals surface area contributed by atoms with Gasteiger partial charge in [-0.25, -0.2) is 0 Å². The summed E-state index contributed by atoms with van der Waals surface area (Å²) < 4.78 is 3.75. The number of nitrogens with zero attached hydrogens (tertiary/aromatic N) is 5. The van der Waals surface area contributed by atoms with E-state index >= 15 is 0 Å². The quantitative estimate of drug-likeness (QED) is 0.708. The Balaban J connectivity index is 2.06. The summed E-state index contributed by atoms with van der Waals surface area (Å²) in [5.74, 6) is 0. The van der Waals surface area contributed by atoms with E-state index in [-0.39, 0.29) is 0 Å². The van der Waals surface area contributed by atoms with E-state index in [1.165, 1.54) is 12.8 Å². The van der Waals surface area contributed by atoms with Crippen LogP contribution in [0.3, 0.4) is 0 Å². The molecule has 72 valence electrons. The molecule has 3 rings (SSSR count). The second kappa shape index (κ2) is 2.67. The average molecular weight is 189 g/mol. The Labute approximate surface area is 81.3 Å². The second-order valence-electron chi connectivity index (χ2n) is 3.67. The zero-order valence-corrected chi connectivity index (χ0v) is 7.96. The Bertz CT molecular complexity index is 451. The van der Waals surface area contributed by atoms with Crippen molar-refractivity contribution in [3.63, 3.8) is 0 Å². The average Bonchev–Trinajstić information content (AvgIpc) is 2.75. The lowest BCUT2D eigenvalue weighted by atomic mass is 10.3. The summed E-state index contributed by atoms with van der Waals surface area (Å²) in [4.78, 5) is 0. The van der Waals surface area contributed by atoms with E-state index in [0.29, 0.717) is 6.04 Å². The van der Waals surface area contributed by atoms with Crippen molar-refractivity contribution >= 4 is 0 Å². The SMILES string of the molecule is Cn1cc(-c2ccnn2C2CC2)nn1. The van der Waals surface area contributed by atoms with Gasteiger partial charge in [0.2, 0.25) is 0 Å². The van der Waals surface area contributed by atoms with Crippen LogP contribution < -0.4 is 0 Å². The molecule has 0 atom stereocenters. The summed E-state index contributed by atoms with van der Waals surface area (Å²) in [6.07, 6.45) is 6.20. The molecule has 5 nitrogen and oxygen atoms in total. The van der Waals surface area contributed by atoms with E-state index in [2.05, 4.69) is 15.4 Å². The Morgan fingerprint density at radius 1 is 1.43 bits per heavy atom. The van der Waals surface area contributed by atoms with Gasteiger partial charge >= 0.3 is 0 Å². The van der Waals surface area contributed by atoms with Crippen molar-refractivity contribution in [2.45, 2.75) is 18.9 Å². The maximum atomic E-state index is 4.30. The normalized spacial score (nSPS) is 16.1. The first-order valence-electron chi connectivity index (χ1n) is 4.75. The van der Waals surface area contributed by atoms with Gasteiger partial charge in [-0.3, -0.25) is 9.36 Å². The van der Waals surface area contributed by atoms with Gasteiger partial charge in [-0.1, -0.05) is 5.21 Å². The van der Waals surface area contributed by atoms with E-state index in [1.807, 2.05) is 30.2 Å². The monoisotopic (exact) mass is 189 g/mol. The van der Waals surface area contributed by atoms with E-state index < -0.39 is 0 Å². The Morgan fingerprint density at radius 2 is 2.29 bits per heavy atom. The van der Waals surface area contributed by atoms with Gasteiger partial charge in [0.15, 0.2) is 0 Å².